The first kappa shape index (κ1) is 7.68. The summed E-state index contributed by atoms with van der Waals surface area (Å²) in [5.74, 6) is -0.393. The van der Waals surface area contributed by atoms with Crippen molar-refractivity contribution in [2.75, 3.05) is 6.54 Å². The lowest BCUT2D eigenvalue weighted by molar-refractivity contribution is 0.379. The second kappa shape index (κ2) is 2.83. The number of aromatic nitrogens is 1. The average molecular weight is 166 g/mol. The zero-order chi connectivity index (χ0) is 8.55. The van der Waals surface area contributed by atoms with E-state index in [4.69, 9.17) is 0 Å². The maximum absolute atomic E-state index is 12.6. The van der Waals surface area contributed by atoms with Gasteiger partial charge in [0, 0.05) is 11.7 Å². The topological polar surface area (TPSA) is 24.9 Å². The predicted molar refractivity (Wildman–Crippen MR) is 44.3 cm³/mol. The standard InChI is InChI=1S/C9H11FN2/c1-6-7(8-4-5-11-8)2-3-9(10)12-6/h2-3,8,11H,4-5H2,1H3/t8-/m1/s1. The van der Waals surface area contributed by atoms with Crippen molar-refractivity contribution >= 4 is 0 Å². The number of aryl methyl sites for hydroxylation is 1. The molecule has 1 atom stereocenters. The van der Waals surface area contributed by atoms with E-state index in [9.17, 15) is 4.39 Å². The monoisotopic (exact) mass is 166 g/mol. The van der Waals surface area contributed by atoms with E-state index in [1.165, 1.54) is 6.07 Å². The Morgan fingerprint density at radius 2 is 2.33 bits per heavy atom. The first-order valence-electron chi connectivity index (χ1n) is 4.14. The smallest absolute Gasteiger partial charge is 0.213 e. The van der Waals surface area contributed by atoms with Gasteiger partial charge in [-0.25, -0.2) is 4.98 Å². The highest BCUT2D eigenvalue weighted by atomic mass is 19.1. The van der Waals surface area contributed by atoms with Crippen LogP contribution in [0, 0.1) is 12.9 Å². The third-order valence-corrected chi connectivity index (χ3v) is 2.29. The minimum atomic E-state index is -0.393. The van der Waals surface area contributed by atoms with Gasteiger partial charge in [0.1, 0.15) is 0 Å². The van der Waals surface area contributed by atoms with Gasteiger partial charge in [0.25, 0.3) is 0 Å². The minimum Gasteiger partial charge on any atom is -0.310 e. The fraction of sp³-hybridized carbons (Fsp3) is 0.444. The molecule has 0 aliphatic carbocycles. The van der Waals surface area contributed by atoms with Gasteiger partial charge in [-0.15, -0.1) is 0 Å². The molecule has 0 saturated carbocycles. The largest absolute Gasteiger partial charge is 0.310 e. The molecule has 0 radical (unpaired) electrons. The molecule has 0 unspecified atom stereocenters. The molecule has 2 nitrogen and oxygen atoms in total. The third kappa shape index (κ3) is 1.20. The Labute approximate surface area is 70.8 Å². The SMILES string of the molecule is Cc1nc(F)ccc1[C@H]1CCN1. The Bertz CT molecular complexity index is 295. The molecule has 0 aromatic carbocycles. The second-order valence-corrected chi connectivity index (χ2v) is 3.10. The van der Waals surface area contributed by atoms with Crippen molar-refractivity contribution < 1.29 is 4.39 Å². The Morgan fingerprint density at radius 1 is 1.58 bits per heavy atom. The summed E-state index contributed by atoms with van der Waals surface area (Å²) in [5.41, 5.74) is 1.93. The normalized spacial score (nSPS) is 22.0. The van der Waals surface area contributed by atoms with Crippen molar-refractivity contribution in [3.05, 3.63) is 29.3 Å². The van der Waals surface area contributed by atoms with E-state index in [1.54, 1.807) is 0 Å². The van der Waals surface area contributed by atoms with E-state index < -0.39 is 5.95 Å². The van der Waals surface area contributed by atoms with Gasteiger partial charge < -0.3 is 5.32 Å². The molecule has 1 N–H and O–H groups in total. The van der Waals surface area contributed by atoms with Gasteiger partial charge in [-0.05, 0) is 31.5 Å². The number of nitrogens with zero attached hydrogens (tertiary/aromatic N) is 1. The van der Waals surface area contributed by atoms with Crippen molar-refractivity contribution in [3.63, 3.8) is 0 Å². The fourth-order valence-electron chi connectivity index (χ4n) is 1.46. The average Bonchev–Trinajstić information content (AvgIpc) is 1.91. The highest BCUT2D eigenvalue weighted by Crippen LogP contribution is 2.24. The van der Waals surface area contributed by atoms with E-state index in [0.717, 1.165) is 24.2 Å². The molecule has 1 aliphatic rings. The molecule has 3 heteroatoms. The van der Waals surface area contributed by atoms with Crippen LogP contribution in [-0.4, -0.2) is 11.5 Å². The minimum absolute atomic E-state index is 0.393. The van der Waals surface area contributed by atoms with Gasteiger partial charge in [-0.3, -0.25) is 0 Å². The van der Waals surface area contributed by atoms with E-state index in [1.807, 2.05) is 13.0 Å². The lowest BCUT2D eigenvalue weighted by Crippen LogP contribution is -2.35. The van der Waals surface area contributed by atoms with Crippen LogP contribution < -0.4 is 5.32 Å². The quantitative estimate of drug-likeness (QED) is 0.640. The number of rotatable bonds is 1. The second-order valence-electron chi connectivity index (χ2n) is 3.10. The summed E-state index contributed by atoms with van der Waals surface area (Å²) in [4.78, 5) is 3.77. The zero-order valence-corrected chi connectivity index (χ0v) is 6.97. The van der Waals surface area contributed by atoms with Crippen LogP contribution in [-0.2, 0) is 0 Å². The molecule has 0 spiro atoms. The van der Waals surface area contributed by atoms with Crippen LogP contribution in [0.2, 0.25) is 0 Å². The Balaban J connectivity index is 2.31. The van der Waals surface area contributed by atoms with Crippen LogP contribution in [0.5, 0.6) is 0 Å². The van der Waals surface area contributed by atoms with Crippen molar-refractivity contribution in [1.29, 1.82) is 0 Å². The van der Waals surface area contributed by atoms with Crippen LogP contribution >= 0.6 is 0 Å². The molecule has 2 rings (SSSR count). The summed E-state index contributed by atoms with van der Waals surface area (Å²) in [6.07, 6.45) is 1.13. The lowest BCUT2D eigenvalue weighted by Gasteiger charge is -2.28. The molecule has 1 aliphatic heterocycles. The molecule has 0 amide bonds. The highest BCUT2D eigenvalue weighted by molar-refractivity contribution is 5.24. The zero-order valence-electron chi connectivity index (χ0n) is 6.97. The number of nitrogens with one attached hydrogen (secondary N) is 1. The summed E-state index contributed by atoms with van der Waals surface area (Å²) in [7, 11) is 0. The van der Waals surface area contributed by atoms with Crippen molar-refractivity contribution in [1.82, 2.24) is 10.3 Å². The van der Waals surface area contributed by atoms with Crippen LogP contribution in [0.3, 0.4) is 0 Å². The predicted octanol–water partition coefficient (Wildman–Crippen LogP) is 1.56. The molecular formula is C9H11FN2. The molecule has 1 aromatic rings. The maximum Gasteiger partial charge on any atom is 0.213 e. The van der Waals surface area contributed by atoms with Gasteiger partial charge in [0.2, 0.25) is 5.95 Å². The number of pyridine rings is 1. The van der Waals surface area contributed by atoms with Crippen molar-refractivity contribution in [2.45, 2.75) is 19.4 Å². The molecule has 1 aromatic heterocycles. The number of halogens is 1. The molecule has 12 heavy (non-hydrogen) atoms. The van der Waals surface area contributed by atoms with E-state index in [0.29, 0.717) is 6.04 Å². The fourth-order valence-corrected chi connectivity index (χ4v) is 1.46. The number of hydrogen-bond acceptors (Lipinski definition) is 2. The van der Waals surface area contributed by atoms with Gasteiger partial charge in [0.15, 0.2) is 0 Å². The molecular weight excluding hydrogens is 155 g/mol. The Morgan fingerprint density at radius 3 is 2.83 bits per heavy atom. The molecule has 2 heterocycles. The summed E-state index contributed by atoms with van der Waals surface area (Å²) in [6.45, 7) is 2.90. The van der Waals surface area contributed by atoms with E-state index in [2.05, 4.69) is 10.3 Å². The molecule has 1 saturated heterocycles. The molecule has 64 valence electrons. The highest BCUT2D eigenvalue weighted by Gasteiger charge is 2.20. The third-order valence-electron chi connectivity index (χ3n) is 2.29. The summed E-state index contributed by atoms with van der Waals surface area (Å²) >= 11 is 0. The Hall–Kier alpha value is -0.960. The van der Waals surface area contributed by atoms with Crippen LogP contribution in [0.4, 0.5) is 4.39 Å². The van der Waals surface area contributed by atoms with E-state index >= 15 is 0 Å². The van der Waals surface area contributed by atoms with Crippen LogP contribution in [0.15, 0.2) is 12.1 Å². The van der Waals surface area contributed by atoms with E-state index in [-0.39, 0.29) is 0 Å². The first-order valence-corrected chi connectivity index (χ1v) is 4.14. The van der Waals surface area contributed by atoms with Gasteiger partial charge >= 0.3 is 0 Å². The summed E-state index contributed by atoms with van der Waals surface area (Å²) in [5, 5.41) is 3.26. The summed E-state index contributed by atoms with van der Waals surface area (Å²) < 4.78 is 12.6. The lowest BCUT2D eigenvalue weighted by atomic mass is 9.97. The first-order chi connectivity index (χ1) is 5.77. The van der Waals surface area contributed by atoms with Crippen LogP contribution in [0.25, 0.3) is 0 Å². The van der Waals surface area contributed by atoms with Gasteiger partial charge in [0.05, 0.1) is 0 Å². The Kier molecular flexibility index (Phi) is 1.81. The van der Waals surface area contributed by atoms with Crippen molar-refractivity contribution in [3.8, 4) is 0 Å². The summed E-state index contributed by atoms with van der Waals surface area (Å²) in [6, 6.07) is 3.63. The van der Waals surface area contributed by atoms with Gasteiger partial charge in [-0.1, -0.05) is 6.07 Å². The molecule has 0 bridgehead atoms. The number of hydrogen-bond donors (Lipinski definition) is 1. The maximum atomic E-state index is 12.6. The molecule has 1 fully saturated rings. The van der Waals surface area contributed by atoms with Gasteiger partial charge in [-0.2, -0.15) is 4.39 Å². The van der Waals surface area contributed by atoms with Crippen molar-refractivity contribution in [2.24, 2.45) is 0 Å². The van der Waals surface area contributed by atoms with Crippen LogP contribution in [0.1, 0.15) is 23.7 Å².